The molecule has 1 aliphatic rings. The highest BCUT2D eigenvalue weighted by Crippen LogP contribution is 2.22. The van der Waals surface area contributed by atoms with Gasteiger partial charge in [0.05, 0.1) is 20.8 Å². The number of ether oxygens (including phenoxy) is 2. The summed E-state index contributed by atoms with van der Waals surface area (Å²) >= 11 is 8.54. The zero-order chi connectivity index (χ0) is 18.5. The first-order valence-electron chi connectivity index (χ1n) is 8.11. The van der Waals surface area contributed by atoms with E-state index in [1.807, 2.05) is 28.9 Å². The lowest BCUT2D eigenvalue weighted by molar-refractivity contribution is -0.921. The van der Waals surface area contributed by atoms with Crippen LogP contribution in [0.5, 0.6) is 5.75 Å². The van der Waals surface area contributed by atoms with E-state index in [-0.39, 0.29) is 11.2 Å². The number of aromatic nitrogens is 2. The molecule has 0 bridgehead atoms. The molecule has 10 heteroatoms. The summed E-state index contributed by atoms with van der Waals surface area (Å²) in [6.07, 6.45) is 0. The fourth-order valence-electron chi connectivity index (χ4n) is 2.66. The van der Waals surface area contributed by atoms with Crippen molar-refractivity contribution in [2.75, 3.05) is 38.4 Å². The third-order valence-corrected chi connectivity index (χ3v) is 6.46. The smallest absolute Gasteiger partial charge is 0.324 e. The summed E-state index contributed by atoms with van der Waals surface area (Å²) in [7, 11) is 3.08. The van der Waals surface area contributed by atoms with Crippen LogP contribution in [0.25, 0.3) is 0 Å². The fraction of sp³-hybridized carbons (Fsp3) is 0.438. The van der Waals surface area contributed by atoms with Gasteiger partial charge in [-0.2, -0.15) is 4.68 Å². The van der Waals surface area contributed by atoms with E-state index in [2.05, 4.69) is 10.4 Å². The van der Waals surface area contributed by atoms with E-state index in [9.17, 15) is 4.79 Å². The molecule has 1 unspecified atom stereocenters. The molecule has 2 N–H and O–H groups in total. The van der Waals surface area contributed by atoms with Gasteiger partial charge in [-0.1, -0.05) is 11.3 Å². The van der Waals surface area contributed by atoms with Crippen LogP contribution in [0.15, 0.2) is 24.3 Å². The number of nitrogens with zero attached hydrogens (tertiary/aromatic N) is 2. The van der Waals surface area contributed by atoms with Crippen LogP contribution >= 0.6 is 35.3 Å². The summed E-state index contributed by atoms with van der Waals surface area (Å²) in [6, 6.07) is 7.64. The molecular formula is C16H21N4O3S3+. The van der Waals surface area contributed by atoms with Crippen LogP contribution in [-0.2, 0) is 16.2 Å². The molecule has 140 valence electrons. The van der Waals surface area contributed by atoms with Gasteiger partial charge >= 0.3 is 5.97 Å². The summed E-state index contributed by atoms with van der Waals surface area (Å²) in [4.78, 5) is 13.0. The molecule has 26 heavy (non-hydrogen) atoms. The van der Waals surface area contributed by atoms with Gasteiger partial charge in [-0.3, -0.25) is 4.79 Å². The molecule has 0 spiro atoms. The Kier molecular flexibility index (Phi) is 6.52. The highest BCUT2D eigenvalue weighted by atomic mass is 32.2. The van der Waals surface area contributed by atoms with Crippen LogP contribution in [0.2, 0.25) is 0 Å². The molecule has 0 aliphatic carbocycles. The van der Waals surface area contributed by atoms with E-state index >= 15 is 0 Å². The number of quaternary nitrogens is 1. The monoisotopic (exact) mass is 413 g/mol. The highest BCUT2D eigenvalue weighted by molar-refractivity contribution is 8.00. The minimum Gasteiger partial charge on any atom is -0.497 e. The lowest BCUT2D eigenvalue weighted by Crippen LogP contribution is -3.14. The summed E-state index contributed by atoms with van der Waals surface area (Å²) in [5, 5.41) is 8.47. The van der Waals surface area contributed by atoms with Gasteiger partial charge in [-0.25, -0.2) is 0 Å². The Bertz CT molecular complexity index is 806. The van der Waals surface area contributed by atoms with Crippen molar-refractivity contribution >= 4 is 52.1 Å². The molecule has 0 amide bonds. The van der Waals surface area contributed by atoms with Gasteiger partial charge in [-0.15, -0.1) is 16.9 Å². The molecule has 7 nitrogen and oxygen atoms in total. The maximum absolute atomic E-state index is 11.8. The maximum atomic E-state index is 11.8. The number of carbonyl (C=O) groups is 1. The van der Waals surface area contributed by atoms with Crippen molar-refractivity contribution in [2.24, 2.45) is 0 Å². The zero-order valence-electron chi connectivity index (χ0n) is 14.6. The van der Waals surface area contributed by atoms with Crippen molar-refractivity contribution in [1.82, 2.24) is 9.78 Å². The van der Waals surface area contributed by atoms with Crippen molar-refractivity contribution in [1.29, 1.82) is 0 Å². The van der Waals surface area contributed by atoms with E-state index in [0.717, 1.165) is 35.4 Å². The quantitative estimate of drug-likeness (QED) is 0.550. The van der Waals surface area contributed by atoms with Crippen LogP contribution in [0, 0.1) is 3.95 Å². The number of esters is 1. The van der Waals surface area contributed by atoms with Crippen LogP contribution in [0.1, 0.15) is 0 Å². The van der Waals surface area contributed by atoms with Crippen LogP contribution in [-0.4, -0.2) is 54.1 Å². The van der Waals surface area contributed by atoms with Crippen LogP contribution < -0.4 is 15.0 Å². The number of thioether (sulfide) groups is 1. The summed E-state index contributed by atoms with van der Waals surface area (Å²) in [5.41, 5.74) is 0.925. The lowest BCUT2D eigenvalue weighted by Gasteiger charge is -2.27. The second kappa shape index (κ2) is 8.85. The Morgan fingerprint density at radius 3 is 2.88 bits per heavy atom. The molecule has 2 atom stereocenters. The summed E-state index contributed by atoms with van der Waals surface area (Å²) < 4.78 is 12.6. The number of hydrogen-bond acceptors (Lipinski definition) is 8. The molecule has 1 aliphatic heterocycles. The van der Waals surface area contributed by atoms with Crippen molar-refractivity contribution in [3.05, 3.63) is 28.2 Å². The number of nitrogens with one attached hydrogen (secondary N) is 2. The van der Waals surface area contributed by atoms with E-state index in [1.165, 1.54) is 23.3 Å². The Labute approximate surface area is 165 Å². The van der Waals surface area contributed by atoms with Gasteiger partial charge in [0.2, 0.25) is 5.13 Å². The molecule has 1 aromatic heterocycles. The van der Waals surface area contributed by atoms with Crippen molar-refractivity contribution < 1.29 is 19.2 Å². The first-order valence-corrected chi connectivity index (χ1v) is 10.4. The van der Waals surface area contributed by atoms with E-state index in [0.29, 0.717) is 10.6 Å². The Hall–Kier alpha value is -1.62. The SMILES string of the molecule is COC(=O)[C@H]1C[NH+](Cn2nc(Nc3ccc(OC)cc3)sc2=S)CCS1. The lowest BCUT2D eigenvalue weighted by atomic mass is 10.3. The van der Waals surface area contributed by atoms with Crippen molar-refractivity contribution in [3.8, 4) is 5.75 Å². The second-order valence-electron chi connectivity index (χ2n) is 5.77. The standard InChI is InChI=1S/C16H20N4O3S3/c1-22-12-5-3-11(4-6-12)17-15-18-20(16(24)26-15)10-19-7-8-25-13(9-19)14(21)23-2/h3-6,13H,7-10H2,1-2H3,(H,17,18)/p+1/t13-/m1/s1. The zero-order valence-corrected chi connectivity index (χ0v) is 17.0. The number of anilines is 2. The first kappa shape index (κ1) is 19.2. The third kappa shape index (κ3) is 4.76. The van der Waals surface area contributed by atoms with Gasteiger partial charge in [0.25, 0.3) is 0 Å². The van der Waals surface area contributed by atoms with E-state index < -0.39 is 0 Å². The number of hydrogen-bond donors (Lipinski definition) is 2. The highest BCUT2D eigenvalue weighted by Gasteiger charge is 2.30. The molecule has 0 saturated carbocycles. The number of methoxy groups -OCH3 is 2. The number of benzene rings is 1. The maximum Gasteiger partial charge on any atom is 0.324 e. The van der Waals surface area contributed by atoms with Crippen LogP contribution in [0.3, 0.4) is 0 Å². The summed E-state index contributed by atoms with van der Waals surface area (Å²) in [5.74, 6) is 1.57. The van der Waals surface area contributed by atoms with Gasteiger partial charge in [0.1, 0.15) is 12.3 Å². The van der Waals surface area contributed by atoms with Gasteiger partial charge in [-0.05, 0) is 36.5 Å². The minimum atomic E-state index is -0.157. The predicted octanol–water partition coefficient (Wildman–Crippen LogP) is 1.56. The molecule has 1 fully saturated rings. The van der Waals surface area contributed by atoms with Crippen molar-refractivity contribution in [2.45, 2.75) is 11.9 Å². The number of carbonyl (C=O) groups excluding carboxylic acids is 1. The number of rotatable bonds is 6. The van der Waals surface area contributed by atoms with Crippen molar-refractivity contribution in [3.63, 3.8) is 0 Å². The Balaban J connectivity index is 1.64. The Morgan fingerprint density at radius 1 is 1.42 bits per heavy atom. The fourth-order valence-corrected chi connectivity index (χ4v) is 4.96. The first-order chi connectivity index (χ1) is 12.6. The molecule has 3 rings (SSSR count). The van der Waals surface area contributed by atoms with Gasteiger partial charge < -0.3 is 19.7 Å². The van der Waals surface area contributed by atoms with Gasteiger partial charge in [0.15, 0.2) is 15.9 Å². The molecule has 1 saturated heterocycles. The van der Waals surface area contributed by atoms with E-state index in [4.69, 9.17) is 21.7 Å². The third-order valence-electron chi connectivity index (χ3n) is 4.03. The average Bonchev–Trinajstić information content (AvgIpc) is 3.00. The second-order valence-corrected chi connectivity index (χ2v) is 8.70. The molecule has 2 heterocycles. The topological polar surface area (TPSA) is 69.8 Å². The summed E-state index contributed by atoms with van der Waals surface area (Å²) in [6.45, 7) is 2.34. The molecular weight excluding hydrogens is 392 g/mol. The van der Waals surface area contributed by atoms with Crippen LogP contribution in [0.4, 0.5) is 10.8 Å². The molecule has 1 aromatic carbocycles. The predicted molar refractivity (Wildman–Crippen MR) is 106 cm³/mol. The Morgan fingerprint density at radius 2 is 2.19 bits per heavy atom. The molecule has 0 radical (unpaired) electrons. The minimum absolute atomic E-state index is 0.117. The average molecular weight is 414 g/mol. The largest absolute Gasteiger partial charge is 0.497 e. The normalized spacial score (nSPS) is 19.8. The molecule has 2 aromatic rings. The van der Waals surface area contributed by atoms with Gasteiger partial charge in [0, 0.05) is 11.4 Å². The van der Waals surface area contributed by atoms with E-state index in [1.54, 1.807) is 18.9 Å².